The van der Waals surface area contributed by atoms with Gasteiger partial charge in [0.05, 0.1) is 27.9 Å². The maximum Gasteiger partial charge on any atom is 0.0847 e. The summed E-state index contributed by atoms with van der Waals surface area (Å²) in [6.45, 7) is 9.39. The molecule has 0 unspecified atom stereocenters. The monoisotopic (exact) mass is 307 g/mol. The van der Waals surface area contributed by atoms with Crippen LogP contribution < -0.4 is 0 Å². The van der Waals surface area contributed by atoms with Crippen molar-refractivity contribution in [1.29, 1.82) is 5.26 Å². The fourth-order valence-electron chi connectivity index (χ4n) is 3.55. The molecule has 1 saturated carbocycles. The van der Waals surface area contributed by atoms with Gasteiger partial charge in [-0.2, -0.15) is 10.4 Å². The lowest BCUT2D eigenvalue weighted by Crippen LogP contribution is -2.31. The summed E-state index contributed by atoms with van der Waals surface area (Å²) in [5.74, 6) is 1.48. The highest BCUT2D eigenvalue weighted by Crippen LogP contribution is 2.44. The SMILES string of the molecule is CCn1nc(C)c(Cl)c1CC1(C#N)CCC(C(C)C)CC1. The molecule has 2 rings (SSSR count). The number of halogens is 1. The van der Waals surface area contributed by atoms with Crippen molar-refractivity contribution >= 4 is 11.6 Å². The molecule has 0 aliphatic heterocycles. The predicted molar refractivity (Wildman–Crippen MR) is 86.2 cm³/mol. The van der Waals surface area contributed by atoms with Gasteiger partial charge in [-0.3, -0.25) is 4.68 Å². The molecule has 1 aliphatic carbocycles. The van der Waals surface area contributed by atoms with Crippen molar-refractivity contribution in [2.24, 2.45) is 17.3 Å². The molecule has 4 heteroatoms. The number of aryl methyl sites for hydroxylation is 2. The van der Waals surface area contributed by atoms with Crippen LogP contribution >= 0.6 is 11.6 Å². The minimum absolute atomic E-state index is 0.256. The highest BCUT2D eigenvalue weighted by Gasteiger charge is 2.38. The molecule has 0 amide bonds. The normalized spacial score (nSPS) is 26.0. The second-order valence-electron chi connectivity index (χ2n) is 6.81. The number of nitrogens with zero attached hydrogens (tertiary/aromatic N) is 3. The number of aromatic nitrogens is 2. The van der Waals surface area contributed by atoms with E-state index in [1.807, 2.05) is 11.6 Å². The molecule has 0 saturated heterocycles. The highest BCUT2D eigenvalue weighted by atomic mass is 35.5. The average molecular weight is 308 g/mol. The molecule has 3 nitrogen and oxygen atoms in total. The first-order chi connectivity index (χ1) is 9.92. The van der Waals surface area contributed by atoms with Crippen LogP contribution in [0.3, 0.4) is 0 Å². The Morgan fingerprint density at radius 1 is 1.43 bits per heavy atom. The molecule has 0 N–H and O–H groups in total. The van der Waals surface area contributed by atoms with Crippen molar-refractivity contribution in [1.82, 2.24) is 9.78 Å². The number of nitriles is 1. The van der Waals surface area contributed by atoms with Crippen molar-refractivity contribution in [3.05, 3.63) is 16.4 Å². The summed E-state index contributed by atoms with van der Waals surface area (Å²) in [5.41, 5.74) is 1.66. The Morgan fingerprint density at radius 2 is 2.05 bits per heavy atom. The smallest absolute Gasteiger partial charge is 0.0847 e. The quantitative estimate of drug-likeness (QED) is 0.804. The Kier molecular flexibility index (Phi) is 4.99. The summed E-state index contributed by atoms with van der Waals surface area (Å²) in [6.07, 6.45) is 5.01. The van der Waals surface area contributed by atoms with E-state index in [9.17, 15) is 5.26 Å². The fraction of sp³-hybridized carbons (Fsp3) is 0.765. The second kappa shape index (κ2) is 6.40. The van der Waals surface area contributed by atoms with Crippen molar-refractivity contribution in [2.45, 2.75) is 66.3 Å². The lowest BCUT2D eigenvalue weighted by atomic mass is 9.67. The van der Waals surface area contributed by atoms with E-state index in [4.69, 9.17) is 11.6 Å². The molecule has 1 aromatic rings. The molecule has 1 aromatic heterocycles. The van der Waals surface area contributed by atoms with Crippen LogP contribution in [-0.2, 0) is 13.0 Å². The van der Waals surface area contributed by atoms with Gasteiger partial charge in [-0.25, -0.2) is 0 Å². The average Bonchev–Trinajstić information content (AvgIpc) is 2.75. The zero-order chi connectivity index (χ0) is 15.6. The van der Waals surface area contributed by atoms with Crippen LogP contribution in [0.2, 0.25) is 5.02 Å². The van der Waals surface area contributed by atoms with E-state index >= 15 is 0 Å². The van der Waals surface area contributed by atoms with Crippen molar-refractivity contribution in [2.75, 3.05) is 0 Å². The first-order valence-electron chi connectivity index (χ1n) is 8.05. The summed E-state index contributed by atoms with van der Waals surface area (Å²) in [4.78, 5) is 0. The van der Waals surface area contributed by atoms with Crippen molar-refractivity contribution < 1.29 is 0 Å². The van der Waals surface area contributed by atoms with Crippen LogP contribution in [0.1, 0.15) is 57.8 Å². The van der Waals surface area contributed by atoms with Gasteiger partial charge in [0.2, 0.25) is 0 Å². The lowest BCUT2D eigenvalue weighted by Gasteiger charge is -2.36. The Morgan fingerprint density at radius 3 is 2.52 bits per heavy atom. The Hall–Kier alpha value is -1.01. The van der Waals surface area contributed by atoms with E-state index in [0.29, 0.717) is 5.92 Å². The molecule has 0 aromatic carbocycles. The highest BCUT2D eigenvalue weighted by molar-refractivity contribution is 6.31. The molecule has 1 heterocycles. The zero-order valence-electron chi connectivity index (χ0n) is 13.6. The molecular weight excluding hydrogens is 282 g/mol. The summed E-state index contributed by atoms with van der Waals surface area (Å²) >= 11 is 6.42. The molecule has 1 fully saturated rings. The summed E-state index contributed by atoms with van der Waals surface area (Å²) < 4.78 is 1.96. The standard InChI is InChI=1S/C17H26ClN3/c1-5-21-15(16(18)13(4)20-21)10-17(11-19)8-6-14(7-9-17)12(2)3/h12,14H,5-10H2,1-4H3. The Balaban J connectivity index is 2.19. The van der Waals surface area contributed by atoms with E-state index in [1.54, 1.807) is 0 Å². The zero-order valence-corrected chi connectivity index (χ0v) is 14.4. The van der Waals surface area contributed by atoms with Gasteiger partial charge in [-0.1, -0.05) is 25.4 Å². The molecule has 0 bridgehead atoms. The van der Waals surface area contributed by atoms with Crippen LogP contribution in [0.25, 0.3) is 0 Å². The fourth-order valence-corrected chi connectivity index (χ4v) is 3.75. The number of hydrogen-bond donors (Lipinski definition) is 0. The minimum Gasteiger partial charge on any atom is -0.268 e. The van der Waals surface area contributed by atoms with Gasteiger partial charge in [0, 0.05) is 13.0 Å². The summed E-state index contributed by atoms with van der Waals surface area (Å²) in [5, 5.41) is 15.0. The van der Waals surface area contributed by atoms with Crippen LogP contribution in [-0.4, -0.2) is 9.78 Å². The predicted octanol–water partition coefficient (Wildman–Crippen LogP) is 4.76. The molecular formula is C17H26ClN3. The van der Waals surface area contributed by atoms with Crippen LogP contribution in [0.4, 0.5) is 0 Å². The first kappa shape index (κ1) is 16.4. The number of rotatable bonds is 4. The van der Waals surface area contributed by atoms with E-state index < -0.39 is 0 Å². The van der Waals surface area contributed by atoms with Crippen LogP contribution in [0.15, 0.2) is 0 Å². The van der Waals surface area contributed by atoms with Gasteiger partial charge in [0.15, 0.2) is 0 Å². The lowest BCUT2D eigenvalue weighted by molar-refractivity contribution is 0.172. The van der Waals surface area contributed by atoms with Crippen molar-refractivity contribution in [3.8, 4) is 6.07 Å². The first-order valence-corrected chi connectivity index (χ1v) is 8.43. The Labute approximate surface area is 133 Å². The molecule has 21 heavy (non-hydrogen) atoms. The second-order valence-corrected chi connectivity index (χ2v) is 7.19. The maximum atomic E-state index is 9.77. The molecule has 0 atom stereocenters. The minimum atomic E-state index is -0.256. The van der Waals surface area contributed by atoms with E-state index in [2.05, 4.69) is 31.9 Å². The van der Waals surface area contributed by atoms with Gasteiger partial charge >= 0.3 is 0 Å². The maximum absolute atomic E-state index is 9.77. The summed E-state index contributed by atoms with van der Waals surface area (Å²) in [7, 11) is 0. The topological polar surface area (TPSA) is 41.6 Å². The van der Waals surface area contributed by atoms with Crippen LogP contribution in [0, 0.1) is 35.5 Å². The third-order valence-corrected chi connectivity index (χ3v) is 5.62. The van der Waals surface area contributed by atoms with Crippen molar-refractivity contribution in [3.63, 3.8) is 0 Å². The van der Waals surface area contributed by atoms with Gasteiger partial charge in [-0.15, -0.1) is 0 Å². The number of hydrogen-bond acceptors (Lipinski definition) is 2. The largest absolute Gasteiger partial charge is 0.268 e. The Bertz CT molecular complexity index is 531. The summed E-state index contributed by atoms with van der Waals surface area (Å²) in [6, 6.07) is 2.61. The van der Waals surface area contributed by atoms with E-state index in [1.165, 1.54) is 0 Å². The third-order valence-electron chi connectivity index (χ3n) is 5.13. The van der Waals surface area contributed by atoms with E-state index in [-0.39, 0.29) is 5.41 Å². The van der Waals surface area contributed by atoms with Gasteiger partial charge in [0.25, 0.3) is 0 Å². The van der Waals surface area contributed by atoms with Gasteiger partial charge in [-0.05, 0) is 51.4 Å². The van der Waals surface area contributed by atoms with Crippen LogP contribution in [0.5, 0.6) is 0 Å². The molecule has 1 aliphatic rings. The third kappa shape index (κ3) is 3.26. The molecule has 0 radical (unpaired) electrons. The van der Waals surface area contributed by atoms with Gasteiger partial charge in [0.1, 0.15) is 0 Å². The molecule has 0 spiro atoms. The van der Waals surface area contributed by atoms with Gasteiger partial charge < -0.3 is 0 Å². The molecule has 116 valence electrons. The van der Waals surface area contributed by atoms with E-state index in [0.717, 1.165) is 61.0 Å².